The van der Waals surface area contributed by atoms with Crippen molar-refractivity contribution in [1.82, 2.24) is 0 Å². The molecule has 0 saturated carbocycles. The van der Waals surface area contributed by atoms with E-state index in [1.54, 1.807) is 48.2 Å². The minimum Gasteiger partial charge on any atom is -0.465 e. The lowest BCUT2D eigenvalue weighted by Gasteiger charge is -2.40. The average Bonchev–Trinajstić information content (AvgIpc) is 2.73. The minimum absolute atomic E-state index is 0.0176. The van der Waals surface area contributed by atoms with Gasteiger partial charge in [0.25, 0.3) is 0 Å². The van der Waals surface area contributed by atoms with Crippen LogP contribution in [0.5, 0.6) is 0 Å². The molecule has 0 fully saturated rings. The van der Waals surface area contributed by atoms with E-state index in [0.29, 0.717) is 29.9 Å². The molecule has 2 N–H and O–H groups in total. The predicted molar refractivity (Wildman–Crippen MR) is 122 cm³/mol. The highest BCUT2D eigenvalue weighted by Gasteiger charge is 2.34. The fourth-order valence-electron chi connectivity index (χ4n) is 3.68. The van der Waals surface area contributed by atoms with E-state index in [9.17, 15) is 23.1 Å². The largest absolute Gasteiger partial charge is 0.465 e. The molecule has 0 saturated heterocycles. The molecular formula is C22H27N3O5S. The molecular weight excluding hydrogens is 418 g/mol. The Morgan fingerprint density at radius 2 is 1.71 bits per heavy atom. The second-order valence-electron chi connectivity index (χ2n) is 7.54. The molecule has 2 amide bonds. The number of fused-ring (bicyclic) bond motifs is 1. The van der Waals surface area contributed by atoms with Gasteiger partial charge in [0.15, 0.2) is 0 Å². The lowest BCUT2D eigenvalue weighted by molar-refractivity contribution is -0.119. The number of benzene rings is 2. The molecule has 0 bridgehead atoms. The zero-order valence-electron chi connectivity index (χ0n) is 17.8. The molecule has 9 heteroatoms. The first-order valence-electron chi connectivity index (χ1n) is 10.2. The van der Waals surface area contributed by atoms with Crippen molar-refractivity contribution in [3.63, 3.8) is 0 Å². The van der Waals surface area contributed by atoms with Gasteiger partial charge >= 0.3 is 6.09 Å². The zero-order chi connectivity index (χ0) is 22.8. The number of carbonyl (C=O) groups is 2. The summed E-state index contributed by atoms with van der Waals surface area (Å²) >= 11 is 0. The van der Waals surface area contributed by atoms with Crippen LogP contribution in [0.25, 0.3) is 11.1 Å². The summed E-state index contributed by atoms with van der Waals surface area (Å²) in [6.45, 7) is 5.53. The molecule has 0 unspecified atom stereocenters. The number of anilines is 3. The van der Waals surface area contributed by atoms with Gasteiger partial charge in [0.05, 0.1) is 23.2 Å². The Balaban J connectivity index is 1.99. The number of amides is 2. The van der Waals surface area contributed by atoms with Gasteiger partial charge in [0, 0.05) is 18.7 Å². The van der Waals surface area contributed by atoms with Crippen molar-refractivity contribution in [2.45, 2.75) is 39.7 Å². The number of hydrogen-bond acceptors (Lipinski definition) is 4. The highest BCUT2D eigenvalue weighted by molar-refractivity contribution is 7.92. The van der Waals surface area contributed by atoms with Crippen LogP contribution in [0.2, 0.25) is 0 Å². The third kappa shape index (κ3) is 4.82. The topological polar surface area (TPSA) is 107 Å². The minimum atomic E-state index is -3.36. The fraction of sp³-hybridized carbons (Fsp3) is 0.364. The number of nitrogens with zero attached hydrogens (tertiary/aromatic N) is 2. The van der Waals surface area contributed by atoms with Gasteiger partial charge in [-0.05, 0) is 55.7 Å². The van der Waals surface area contributed by atoms with Crippen molar-refractivity contribution in [2.24, 2.45) is 0 Å². The van der Waals surface area contributed by atoms with Crippen LogP contribution < -0.4 is 14.5 Å². The predicted octanol–water partition coefficient (Wildman–Crippen LogP) is 4.13. The summed E-state index contributed by atoms with van der Waals surface area (Å²) < 4.78 is 26.0. The summed E-state index contributed by atoms with van der Waals surface area (Å²) in [7, 11) is -3.36. The Hall–Kier alpha value is -3.07. The van der Waals surface area contributed by atoms with Gasteiger partial charge in [-0.3, -0.25) is 14.4 Å². The Kier molecular flexibility index (Phi) is 6.54. The Bertz CT molecular complexity index is 1080. The molecule has 0 spiro atoms. The van der Waals surface area contributed by atoms with Crippen molar-refractivity contribution < 1.29 is 23.1 Å². The molecule has 1 aliphatic rings. The molecule has 1 atom stereocenters. The molecule has 0 radical (unpaired) electrons. The summed E-state index contributed by atoms with van der Waals surface area (Å²) in [4.78, 5) is 27.5. The van der Waals surface area contributed by atoms with Crippen LogP contribution in [0.1, 0.15) is 33.6 Å². The number of sulfonamides is 1. The van der Waals surface area contributed by atoms with Gasteiger partial charge in [0.1, 0.15) is 0 Å². The molecule has 8 nitrogen and oxygen atoms in total. The standard InChI is InChI=1S/C22H27N3O5S/c1-4-6-21(26)25-15(3)14-24(22(27)28)20-13-17(9-12-19(20)25)16-7-10-18(11-8-16)23-31(29,30)5-2/h7-13,15,23H,4-6,14H2,1-3H3,(H,27,28)/t15-/m0/s1. The van der Waals surface area contributed by atoms with Crippen LogP contribution in [0.15, 0.2) is 42.5 Å². The smallest absolute Gasteiger partial charge is 0.411 e. The number of hydrogen-bond donors (Lipinski definition) is 2. The summed E-state index contributed by atoms with van der Waals surface area (Å²) in [5.41, 5.74) is 3.07. The van der Waals surface area contributed by atoms with E-state index in [1.165, 1.54) is 4.90 Å². The lowest BCUT2D eigenvalue weighted by atomic mass is 10.0. The zero-order valence-corrected chi connectivity index (χ0v) is 18.6. The van der Waals surface area contributed by atoms with Crippen LogP contribution in [-0.4, -0.2) is 43.9 Å². The summed E-state index contributed by atoms with van der Waals surface area (Å²) in [6.07, 6.45) is 0.0390. The van der Waals surface area contributed by atoms with Crippen LogP contribution in [0.3, 0.4) is 0 Å². The summed E-state index contributed by atoms with van der Waals surface area (Å²) in [5, 5.41) is 9.72. The number of carbonyl (C=O) groups excluding carboxylic acids is 1. The summed E-state index contributed by atoms with van der Waals surface area (Å²) in [6, 6.07) is 12.0. The molecule has 2 aromatic carbocycles. The molecule has 2 aromatic rings. The Morgan fingerprint density at radius 1 is 1.06 bits per heavy atom. The van der Waals surface area contributed by atoms with Gasteiger partial charge in [-0.15, -0.1) is 0 Å². The Labute approximate surface area is 182 Å². The van der Waals surface area contributed by atoms with Gasteiger partial charge in [-0.1, -0.05) is 25.1 Å². The highest BCUT2D eigenvalue weighted by atomic mass is 32.2. The van der Waals surface area contributed by atoms with Crippen LogP contribution in [-0.2, 0) is 14.8 Å². The maximum Gasteiger partial charge on any atom is 0.411 e. The average molecular weight is 446 g/mol. The van der Waals surface area contributed by atoms with Crippen molar-refractivity contribution in [3.05, 3.63) is 42.5 Å². The van der Waals surface area contributed by atoms with Gasteiger partial charge in [0.2, 0.25) is 15.9 Å². The van der Waals surface area contributed by atoms with E-state index < -0.39 is 16.1 Å². The second kappa shape index (κ2) is 8.97. The molecule has 1 heterocycles. The third-order valence-electron chi connectivity index (χ3n) is 5.25. The van der Waals surface area contributed by atoms with Crippen LogP contribution in [0.4, 0.5) is 21.9 Å². The molecule has 3 rings (SSSR count). The van der Waals surface area contributed by atoms with E-state index >= 15 is 0 Å². The molecule has 31 heavy (non-hydrogen) atoms. The van der Waals surface area contributed by atoms with E-state index in [1.807, 2.05) is 19.9 Å². The molecule has 0 aromatic heterocycles. The monoisotopic (exact) mass is 445 g/mol. The van der Waals surface area contributed by atoms with Crippen LogP contribution >= 0.6 is 0 Å². The number of carboxylic acid groups (broad SMARTS) is 1. The fourth-order valence-corrected chi connectivity index (χ4v) is 4.32. The third-order valence-corrected chi connectivity index (χ3v) is 6.56. The van der Waals surface area contributed by atoms with Crippen molar-refractivity contribution in [3.8, 4) is 11.1 Å². The Morgan fingerprint density at radius 3 is 2.29 bits per heavy atom. The first-order valence-corrected chi connectivity index (χ1v) is 11.9. The van der Waals surface area contributed by atoms with E-state index in [-0.39, 0.29) is 24.2 Å². The first-order chi connectivity index (χ1) is 14.7. The van der Waals surface area contributed by atoms with Gasteiger partial charge < -0.3 is 10.0 Å². The summed E-state index contributed by atoms with van der Waals surface area (Å²) in [5.74, 6) is -0.0439. The maximum absolute atomic E-state index is 12.7. The SMILES string of the molecule is CCCC(=O)N1c2ccc(-c3ccc(NS(=O)(=O)CC)cc3)cc2N(C(=O)O)C[C@@H]1C. The van der Waals surface area contributed by atoms with E-state index in [2.05, 4.69) is 4.72 Å². The van der Waals surface area contributed by atoms with Crippen molar-refractivity contribution in [1.29, 1.82) is 0 Å². The van der Waals surface area contributed by atoms with Crippen LogP contribution in [0, 0.1) is 0 Å². The quantitative estimate of drug-likeness (QED) is 0.695. The van der Waals surface area contributed by atoms with Gasteiger partial charge in [-0.25, -0.2) is 13.2 Å². The van der Waals surface area contributed by atoms with E-state index in [0.717, 1.165) is 11.1 Å². The van der Waals surface area contributed by atoms with E-state index in [4.69, 9.17) is 0 Å². The van der Waals surface area contributed by atoms with Crippen molar-refractivity contribution >= 4 is 39.1 Å². The molecule has 166 valence electrons. The second-order valence-corrected chi connectivity index (χ2v) is 9.55. The highest BCUT2D eigenvalue weighted by Crippen LogP contribution is 2.39. The molecule has 0 aliphatic carbocycles. The normalized spacial score (nSPS) is 16.0. The number of rotatable bonds is 6. The first kappa shape index (κ1) is 22.6. The lowest BCUT2D eigenvalue weighted by Crippen LogP contribution is -2.51. The van der Waals surface area contributed by atoms with Gasteiger partial charge in [-0.2, -0.15) is 0 Å². The van der Waals surface area contributed by atoms with Crippen molar-refractivity contribution in [2.75, 3.05) is 26.8 Å². The molecule has 1 aliphatic heterocycles. The number of nitrogens with one attached hydrogen (secondary N) is 1. The maximum atomic E-state index is 12.7.